The van der Waals surface area contributed by atoms with E-state index in [2.05, 4.69) is 42.8 Å². The highest BCUT2D eigenvalue weighted by Crippen LogP contribution is 2.25. The van der Waals surface area contributed by atoms with E-state index in [0.717, 1.165) is 30.3 Å². The van der Waals surface area contributed by atoms with Gasteiger partial charge in [-0.05, 0) is 49.6 Å². The molecule has 0 saturated heterocycles. The molecule has 156 valence electrons. The van der Waals surface area contributed by atoms with Crippen LogP contribution in [-0.2, 0) is 13.6 Å². The van der Waals surface area contributed by atoms with E-state index >= 15 is 0 Å². The molecule has 0 aliphatic rings. The van der Waals surface area contributed by atoms with Gasteiger partial charge < -0.3 is 4.57 Å². The lowest BCUT2D eigenvalue weighted by molar-refractivity contribution is 0.445. The van der Waals surface area contributed by atoms with E-state index in [4.69, 9.17) is 0 Å². The van der Waals surface area contributed by atoms with Gasteiger partial charge in [-0.1, -0.05) is 44.0 Å². The first-order valence-electron chi connectivity index (χ1n) is 10.7. The third kappa shape index (κ3) is 3.28. The normalized spacial score (nSPS) is 12.7. The van der Waals surface area contributed by atoms with Crippen LogP contribution < -0.4 is 11.2 Å². The fourth-order valence-corrected chi connectivity index (χ4v) is 4.53. The predicted molar refractivity (Wildman–Crippen MR) is 123 cm³/mol. The van der Waals surface area contributed by atoms with E-state index < -0.39 is 0 Å². The van der Waals surface area contributed by atoms with Gasteiger partial charge in [-0.15, -0.1) is 0 Å². The Kier molecular flexibility index (Phi) is 5.37. The first kappa shape index (κ1) is 20.2. The smallest absolute Gasteiger partial charge is 0.332 e. The number of unbranched alkanes of at least 4 members (excludes halogenated alkanes) is 1. The summed E-state index contributed by atoms with van der Waals surface area (Å²) in [5.74, 6) is 0. The monoisotopic (exact) mass is 403 g/mol. The van der Waals surface area contributed by atoms with E-state index in [1.54, 1.807) is 4.57 Å². The van der Waals surface area contributed by atoms with Crippen molar-refractivity contribution in [2.24, 2.45) is 7.05 Å². The summed E-state index contributed by atoms with van der Waals surface area (Å²) >= 11 is 0. The summed E-state index contributed by atoms with van der Waals surface area (Å²) in [4.78, 5) is 26.7. The van der Waals surface area contributed by atoms with Gasteiger partial charge in [0.25, 0.3) is 5.56 Å². The summed E-state index contributed by atoms with van der Waals surface area (Å²) in [6.45, 7) is 6.62. The molecule has 0 fully saturated rings. The summed E-state index contributed by atoms with van der Waals surface area (Å²) in [5.41, 5.74) is 3.69. The first-order chi connectivity index (χ1) is 14.4. The Bertz CT molecular complexity index is 1340. The zero-order chi connectivity index (χ0) is 21.4. The fourth-order valence-electron chi connectivity index (χ4n) is 4.53. The van der Waals surface area contributed by atoms with Gasteiger partial charge in [-0.3, -0.25) is 13.9 Å². The number of rotatable bonds is 6. The van der Waals surface area contributed by atoms with E-state index in [9.17, 15) is 9.59 Å². The van der Waals surface area contributed by atoms with Crippen molar-refractivity contribution in [2.75, 3.05) is 0 Å². The Morgan fingerprint density at radius 3 is 2.50 bits per heavy atom. The van der Waals surface area contributed by atoms with Crippen LogP contribution in [0.1, 0.15) is 50.3 Å². The molecule has 4 aromatic rings. The summed E-state index contributed by atoms with van der Waals surface area (Å²) in [5, 5.41) is 1.77. The number of para-hydroxylation sites is 1. The largest absolute Gasteiger partial charge is 0.350 e. The van der Waals surface area contributed by atoms with Gasteiger partial charge in [0.1, 0.15) is 0 Å². The number of hydrogen-bond acceptors (Lipinski definition) is 2. The van der Waals surface area contributed by atoms with Crippen LogP contribution in [0.5, 0.6) is 0 Å². The van der Waals surface area contributed by atoms with Crippen molar-refractivity contribution in [3.8, 4) is 0 Å². The van der Waals surface area contributed by atoms with E-state index in [0.29, 0.717) is 17.4 Å². The van der Waals surface area contributed by atoms with Gasteiger partial charge in [0, 0.05) is 30.2 Å². The Morgan fingerprint density at radius 2 is 1.73 bits per heavy atom. The standard InChI is InChI=1S/C25H29N3O2/c1-5-6-11-18(3)28-24(29)20-12-7-8-13-21(20)27(25(28)30)16-19-15-26(4)22-14-9-10-17(2)23(19)22/h7-10,12-15,18H,5-6,11,16H2,1-4H3. The van der Waals surface area contributed by atoms with Gasteiger partial charge in [-0.25, -0.2) is 4.79 Å². The van der Waals surface area contributed by atoms with Crippen molar-refractivity contribution in [1.29, 1.82) is 0 Å². The van der Waals surface area contributed by atoms with E-state index in [1.807, 2.05) is 38.2 Å². The molecule has 0 aliphatic heterocycles. The van der Waals surface area contributed by atoms with E-state index in [-0.39, 0.29) is 17.3 Å². The highest BCUT2D eigenvalue weighted by molar-refractivity contribution is 5.87. The summed E-state index contributed by atoms with van der Waals surface area (Å²) in [7, 11) is 2.03. The average molecular weight is 404 g/mol. The summed E-state index contributed by atoms with van der Waals surface area (Å²) < 4.78 is 5.32. The maximum absolute atomic E-state index is 13.6. The van der Waals surface area contributed by atoms with Gasteiger partial charge in [0.15, 0.2) is 0 Å². The number of benzene rings is 2. The molecule has 0 saturated carbocycles. The van der Waals surface area contributed by atoms with Crippen molar-refractivity contribution in [3.05, 3.63) is 80.6 Å². The molecule has 2 aromatic carbocycles. The van der Waals surface area contributed by atoms with Crippen LogP contribution in [0, 0.1) is 6.92 Å². The lowest BCUT2D eigenvalue weighted by Crippen LogP contribution is -2.41. The minimum Gasteiger partial charge on any atom is -0.350 e. The molecular weight excluding hydrogens is 374 g/mol. The van der Waals surface area contributed by atoms with Crippen LogP contribution in [0.4, 0.5) is 0 Å². The molecule has 0 bridgehead atoms. The van der Waals surface area contributed by atoms with Crippen molar-refractivity contribution >= 4 is 21.8 Å². The molecule has 0 radical (unpaired) electrons. The number of aryl methyl sites for hydroxylation is 2. The fraction of sp³-hybridized carbons (Fsp3) is 0.360. The SMILES string of the molecule is CCCCC(C)n1c(=O)c2ccccc2n(Cc2cn(C)c3cccc(C)c23)c1=O. The molecule has 2 heterocycles. The van der Waals surface area contributed by atoms with Crippen molar-refractivity contribution in [3.63, 3.8) is 0 Å². The maximum Gasteiger partial charge on any atom is 0.332 e. The minimum absolute atomic E-state index is 0.130. The van der Waals surface area contributed by atoms with Crippen LogP contribution in [0.15, 0.2) is 58.3 Å². The molecular formula is C25H29N3O2. The van der Waals surface area contributed by atoms with Gasteiger partial charge in [-0.2, -0.15) is 0 Å². The first-order valence-corrected chi connectivity index (χ1v) is 10.7. The van der Waals surface area contributed by atoms with Crippen LogP contribution in [-0.4, -0.2) is 13.7 Å². The second kappa shape index (κ2) is 7.98. The van der Waals surface area contributed by atoms with Gasteiger partial charge in [0.2, 0.25) is 0 Å². The summed E-state index contributed by atoms with van der Waals surface area (Å²) in [6.07, 6.45) is 4.94. The minimum atomic E-state index is -0.229. The molecule has 30 heavy (non-hydrogen) atoms. The Morgan fingerprint density at radius 1 is 1.00 bits per heavy atom. The Balaban J connectivity index is 1.96. The zero-order valence-corrected chi connectivity index (χ0v) is 18.2. The Labute approximate surface area is 176 Å². The second-order valence-corrected chi connectivity index (χ2v) is 8.29. The lowest BCUT2D eigenvalue weighted by atomic mass is 10.1. The number of hydrogen-bond donors (Lipinski definition) is 0. The number of fused-ring (bicyclic) bond motifs is 2. The number of nitrogens with zero attached hydrogens (tertiary/aromatic N) is 3. The molecule has 4 rings (SSSR count). The van der Waals surface area contributed by atoms with E-state index in [1.165, 1.54) is 15.5 Å². The van der Waals surface area contributed by atoms with Gasteiger partial charge >= 0.3 is 5.69 Å². The molecule has 5 nitrogen and oxygen atoms in total. The average Bonchev–Trinajstić information content (AvgIpc) is 3.06. The van der Waals surface area contributed by atoms with Crippen molar-refractivity contribution < 1.29 is 0 Å². The molecule has 0 aliphatic carbocycles. The molecule has 0 spiro atoms. The Hall–Kier alpha value is -3.08. The molecule has 5 heteroatoms. The maximum atomic E-state index is 13.6. The van der Waals surface area contributed by atoms with Crippen LogP contribution in [0.3, 0.4) is 0 Å². The number of aromatic nitrogens is 3. The molecule has 0 N–H and O–H groups in total. The van der Waals surface area contributed by atoms with Crippen LogP contribution in [0.2, 0.25) is 0 Å². The molecule has 0 amide bonds. The molecule has 1 atom stereocenters. The zero-order valence-electron chi connectivity index (χ0n) is 18.2. The topological polar surface area (TPSA) is 48.9 Å². The van der Waals surface area contributed by atoms with Crippen LogP contribution >= 0.6 is 0 Å². The third-order valence-electron chi connectivity index (χ3n) is 6.13. The highest BCUT2D eigenvalue weighted by Gasteiger charge is 2.18. The second-order valence-electron chi connectivity index (χ2n) is 8.29. The quantitative estimate of drug-likeness (QED) is 0.466. The molecule has 2 aromatic heterocycles. The summed E-state index contributed by atoms with van der Waals surface area (Å²) in [6, 6.07) is 13.6. The highest BCUT2D eigenvalue weighted by atomic mass is 16.2. The third-order valence-corrected chi connectivity index (χ3v) is 6.13. The van der Waals surface area contributed by atoms with Crippen molar-refractivity contribution in [1.82, 2.24) is 13.7 Å². The van der Waals surface area contributed by atoms with Gasteiger partial charge in [0.05, 0.1) is 17.4 Å². The lowest BCUT2D eigenvalue weighted by Gasteiger charge is -2.18. The molecule has 1 unspecified atom stereocenters. The van der Waals surface area contributed by atoms with Crippen LogP contribution in [0.25, 0.3) is 21.8 Å². The predicted octanol–water partition coefficient (Wildman–Crippen LogP) is 4.76. The van der Waals surface area contributed by atoms with Crippen molar-refractivity contribution in [2.45, 2.75) is 52.6 Å².